The molecule has 1 saturated carbocycles. The fraction of sp³-hybridized carbons (Fsp3) is 0.316. The molecule has 50 heavy (non-hydrogen) atoms. The molecule has 2 fully saturated rings. The summed E-state index contributed by atoms with van der Waals surface area (Å²) in [5.41, 5.74) is -1.92. The largest absolute Gasteiger partial charge is 0.335 e. The number of halogens is 10. The van der Waals surface area contributed by atoms with E-state index in [1.165, 1.54) is 29.8 Å². The van der Waals surface area contributed by atoms with Crippen molar-refractivity contribution in [2.24, 2.45) is 0 Å². The van der Waals surface area contributed by atoms with E-state index in [4.69, 9.17) is 0 Å². The Morgan fingerprint density at radius 2 is 0.940 bits per heavy atom. The highest BCUT2D eigenvalue weighted by Crippen LogP contribution is 2.39. The van der Waals surface area contributed by atoms with E-state index in [0.717, 1.165) is 24.2 Å². The van der Waals surface area contributed by atoms with Crippen LogP contribution in [-0.4, -0.2) is 25.3 Å². The molecule has 1 saturated heterocycles. The first kappa shape index (κ1) is 37.0. The maximum Gasteiger partial charge on any atom is 0.200 e. The summed E-state index contributed by atoms with van der Waals surface area (Å²) in [5.74, 6) is -20.8. The highest BCUT2D eigenvalue weighted by atomic mass is 19.2. The van der Waals surface area contributed by atoms with Crippen LogP contribution in [0.5, 0.6) is 0 Å². The first-order chi connectivity index (χ1) is 23.9. The molecule has 2 aliphatic rings. The van der Waals surface area contributed by atoms with Crippen LogP contribution in [0.3, 0.4) is 0 Å². The third-order valence-electron chi connectivity index (χ3n) is 10.0. The van der Waals surface area contributed by atoms with Crippen LogP contribution in [0.25, 0.3) is 0 Å². The van der Waals surface area contributed by atoms with Crippen molar-refractivity contribution in [3.63, 3.8) is 0 Å². The van der Waals surface area contributed by atoms with Gasteiger partial charge in [0.2, 0.25) is 0 Å². The van der Waals surface area contributed by atoms with Gasteiger partial charge in [0.05, 0.1) is 19.1 Å². The predicted octanol–water partition coefficient (Wildman–Crippen LogP) is 7.61. The molecule has 4 aromatic carbocycles. The van der Waals surface area contributed by atoms with Gasteiger partial charge < -0.3 is 4.90 Å². The normalized spacial score (nSPS) is 18.1. The lowest BCUT2D eigenvalue weighted by Gasteiger charge is -2.52. The van der Waals surface area contributed by atoms with Crippen LogP contribution in [0.2, 0.25) is 5.82 Å². The smallest absolute Gasteiger partial charge is 0.200 e. The van der Waals surface area contributed by atoms with Crippen LogP contribution in [-0.2, 0) is 0 Å². The van der Waals surface area contributed by atoms with Gasteiger partial charge in [-0.15, -0.1) is 16.8 Å². The maximum atomic E-state index is 15.9. The van der Waals surface area contributed by atoms with Crippen molar-refractivity contribution in [2.75, 3.05) is 13.1 Å². The van der Waals surface area contributed by atoms with Gasteiger partial charge in [-0.25, -0.2) is 43.9 Å². The fourth-order valence-electron chi connectivity index (χ4n) is 7.76. The molecule has 1 aliphatic carbocycles. The number of likely N-dealkylation sites (tertiary alicyclic amines) is 1. The second-order valence-corrected chi connectivity index (χ2v) is 13.0. The van der Waals surface area contributed by atoms with Gasteiger partial charge in [-0.3, -0.25) is 5.82 Å². The molecule has 1 aliphatic heterocycles. The second kappa shape index (κ2) is 15.8. The molecule has 6 rings (SSSR count). The van der Waals surface area contributed by atoms with Crippen LogP contribution < -0.4 is 15.8 Å². The minimum atomic E-state index is -4.23. The molecule has 12 heteroatoms. The predicted molar refractivity (Wildman–Crippen MR) is 173 cm³/mol. The Morgan fingerprint density at radius 1 is 0.520 bits per heavy atom. The number of benzene rings is 4. The third-order valence-corrected chi connectivity index (χ3v) is 10.0. The van der Waals surface area contributed by atoms with E-state index in [-0.39, 0.29) is 12.0 Å². The zero-order valence-electron chi connectivity index (χ0n) is 27.1. The van der Waals surface area contributed by atoms with Gasteiger partial charge in [0, 0.05) is 5.56 Å². The molecule has 1 N–H and O–H groups in total. The average Bonchev–Trinajstić information content (AvgIpc) is 3.15. The van der Waals surface area contributed by atoms with Crippen molar-refractivity contribution in [3.05, 3.63) is 130 Å². The van der Waals surface area contributed by atoms with Gasteiger partial charge in [0.15, 0.2) is 34.9 Å². The zero-order valence-corrected chi connectivity index (χ0v) is 27.1. The summed E-state index contributed by atoms with van der Waals surface area (Å²) in [6.45, 7) is 3.15. The molecule has 1 nitrogen and oxygen atoms in total. The van der Waals surface area contributed by atoms with Crippen molar-refractivity contribution >= 4 is 17.1 Å². The average molecular weight is 705 g/mol. The van der Waals surface area contributed by atoms with Crippen LogP contribution in [0.4, 0.5) is 43.9 Å². The minimum absolute atomic E-state index is 0.0728. The summed E-state index contributed by atoms with van der Waals surface area (Å²) < 4.78 is 152. The van der Waals surface area contributed by atoms with Crippen molar-refractivity contribution in [3.8, 4) is 11.7 Å². The number of piperidine rings is 1. The van der Waals surface area contributed by atoms with E-state index in [1.54, 1.807) is 6.07 Å². The standard InChI is InChI=1S/C31H25BF10N.C7H8/c33-22-20(23(34)27(38)30(41)26(22)37)32(14-13-17-9-3-1-4-10-17,21-24(35)28(39)31(42)29(40)25(21)36)18-11-5-6-12-19(18)43-15-7-2-8-16-43;1-7-5-3-2-4-6-7/h1,3-4,9-10,18-19H,2,5-8,11-12,15-16H2;2-6H,1H3/q-1;/p+1/t18-,19-;/m1./s1. The monoisotopic (exact) mass is 705 g/mol. The number of hydrogen-bond acceptors (Lipinski definition) is 0. The highest BCUT2D eigenvalue weighted by Gasteiger charge is 2.51. The summed E-state index contributed by atoms with van der Waals surface area (Å²) in [7, 11) is 0. The minimum Gasteiger partial charge on any atom is -0.335 e. The first-order valence-corrected chi connectivity index (χ1v) is 16.6. The topological polar surface area (TPSA) is 4.44 Å². The van der Waals surface area contributed by atoms with Gasteiger partial charge in [0.25, 0.3) is 0 Å². The van der Waals surface area contributed by atoms with Crippen LogP contribution >= 0.6 is 0 Å². The summed E-state index contributed by atoms with van der Waals surface area (Å²) >= 11 is 0. The summed E-state index contributed by atoms with van der Waals surface area (Å²) in [6.07, 6.45) is -0.764. The SMILES string of the molecule is Cc1ccccc1.Fc1c(F)c(F)c([B-](C#Cc2ccccc2)(c2c(F)c(F)c(F)c(F)c2F)[C@@H]2CCCC[C@H]2[NH+]2CCCCC2)c(F)c1F. The quantitative estimate of drug-likeness (QED) is 0.0734. The number of aryl methyl sites for hydroxylation is 1. The van der Waals surface area contributed by atoms with E-state index in [9.17, 15) is 26.3 Å². The molecule has 264 valence electrons. The van der Waals surface area contributed by atoms with Crippen molar-refractivity contribution in [2.45, 2.75) is 63.7 Å². The lowest BCUT2D eigenvalue weighted by molar-refractivity contribution is -0.931. The maximum absolute atomic E-state index is 15.9. The lowest BCUT2D eigenvalue weighted by atomic mass is 9.11. The number of nitrogens with one attached hydrogen (secondary N) is 1. The first-order valence-electron chi connectivity index (χ1n) is 16.6. The van der Waals surface area contributed by atoms with Crippen LogP contribution in [0.1, 0.15) is 56.1 Å². The van der Waals surface area contributed by atoms with Gasteiger partial charge in [-0.1, -0.05) is 72.8 Å². The molecule has 0 amide bonds. The van der Waals surface area contributed by atoms with E-state index < -0.39 is 87.1 Å². The second-order valence-electron chi connectivity index (χ2n) is 13.0. The van der Waals surface area contributed by atoms with E-state index >= 15 is 17.6 Å². The summed E-state index contributed by atoms with van der Waals surface area (Å²) in [4.78, 5) is 0.858. The Kier molecular flexibility index (Phi) is 11.7. The van der Waals surface area contributed by atoms with E-state index in [2.05, 4.69) is 30.8 Å². The molecule has 0 bridgehead atoms. The van der Waals surface area contributed by atoms with Crippen LogP contribution in [0, 0.1) is 76.8 Å². The van der Waals surface area contributed by atoms with Gasteiger partial charge in [0.1, 0.15) is 29.4 Å². The van der Waals surface area contributed by atoms with Crippen molar-refractivity contribution < 1.29 is 48.8 Å². The number of hydrogen-bond donors (Lipinski definition) is 1. The molecule has 4 aromatic rings. The molecule has 0 radical (unpaired) electrons. The molecular weight excluding hydrogens is 671 g/mol. The Labute approximate surface area is 284 Å². The molecule has 1 heterocycles. The van der Waals surface area contributed by atoms with Gasteiger partial charge in [-0.05, 0) is 51.2 Å². The lowest BCUT2D eigenvalue weighted by Crippen LogP contribution is -3.17. The molecule has 0 spiro atoms. The Hall–Kier alpha value is -4.24. The summed E-state index contributed by atoms with van der Waals surface area (Å²) in [6, 6.07) is 17.0. The van der Waals surface area contributed by atoms with Gasteiger partial charge >= 0.3 is 0 Å². The Morgan fingerprint density at radius 3 is 1.38 bits per heavy atom. The van der Waals surface area contributed by atoms with E-state index in [0.29, 0.717) is 32.4 Å². The highest BCUT2D eigenvalue weighted by molar-refractivity contribution is 7.09. The molecular formula is C38H34BF10N. The summed E-state index contributed by atoms with van der Waals surface area (Å²) in [5, 5.41) is 0. The zero-order chi connectivity index (χ0) is 36.2. The van der Waals surface area contributed by atoms with Gasteiger partial charge in [-0.2, -0.15) is 0 Å². The molecule has 0 unspecified atom stereocenters. The molecule has 0 aromatic heterocycles. The van der Waals surface area contributed by atoms with Crippen LogP contribution in [0.15, 0.2) is 60.7 Å². The van der Waals surface area contributed by atoms with Crippen molar-refractivity contribution in [1.82, 2.24) is 0 Å². The number of rotatable bonds is 4. The number of quaternary nitrogens is 1. The van der Waals surface area contributed by atoms with E-state index in [1.807, 2.05) is 18.2 Å². The Bertz CT molecular complexity index is 1760. The Balaban J connectivity index is 0.000000619. The van der Waals surface area contributed by atoms with Crippen molar-refractivity contribution in [1.29, 1.82) is 0 Å². The fourth-order valence-corrected chi connectivity index (χ4v) is 7.76. The molecule has 2 atom stereocenters. The third kappa shape index (κ3) is 7.02.